The number of methoxy groups -OCH3 is 1. The fraction of sp³-hybridized carbons (Fsp3) is 0.541. The van der Waals surface area contributed by atoms with E-state index < -0.39 is 59.5 Å². The molecule has 12 nitrogen and oxygen atoms in total. The number of amides is 3. The molecule has 0 bridgehead atoms. The van der Waals surface area contributed by atoms with Gasteiger partial charge in [-0.2, -0.15) is 0 Å². The van der Waals surface area contributed by atoms with Crippen LogP contribution in [0, 0.1) is 5.92 Å². The lowest BCUT2D eigenvalue weighted by Gasteiger charge is -2.27. The van der Waals surface area contributed by atoms with Gasteiger partial charge in [-0.25, -0.2) is 9.59 Å². The van der Waals surface area contributed by atoms with E-state index >= 15 is 0 Å². The van der Waals surface area contributed by atoms with Crippen molar-refractivity contribution < 1.29 is 42.9 Å². The van der Waals surface area contributed by atoms with Crippen molar-refractivity contribution in [2.75, 3.05) is 7.11 Å². The highest BCUT2D eigenvalue weighted by atomic mass is 16.6. The SMILES string of the molecule is COC(=O)[C@H](Cc1ccc(OC(C)(C)C)cc1)NC(=O)[C@@H](NC(=O)[C@@H](CCCC(=O)OC(C)(C)C)NC(=O)OCc1ccccc1)C(C)C. The normalized spacial score (nSPS) is 13.3. The molecule has 0 saturated heterocycles. The van der Waals surface area contributed by atoms with Gasteiger partial charge < -0.3 is 34.9 Å². The van der Waals surface area contributed by atoms with Crippen molar-refractivity contribution in [2.45, 2.75) is 117 Å². The summed E-state index contributed by atoms with van der Waals surface area (Å²) in [7, 11) is 1.23. The number of hydrogen-bond donors (Lipinski definition) is 3. The standard InChI is InChI=1S/C37H53N3O9/c1-24(2)31(33(43)38-29(34(44)46-9)22-25-18-20-27(21-19-25)48-36(3,4)5)40-32(42)28(16-13-17-30(41)49-37(6,7)8)39-35(45)47-23-26-14-11-10-12-15-26/h10-12,14-15,18-21,24,28-29,31H,13,16-17,22-23H2,1-9H3,(H,38,43)(H,39,45)(H,40,42)/t28-,29+,31+/m1/s1. The number of nitrogens with one attached hydrogen (secondary N) is 3. The summed E-state index contributed by atoms with van der Waals surface area (Å²) in [6.07, 6.45) is -0.405. The molecule has 12 heteroatoms. The van der Waals surface area contributed by atoms with Crippen LogP contribution in [0.15, 0.2) is 54.6 Å². The van der Waals surface area contributed by atoms with Crippen LogP contribution in [0.25, 0.3) is 0 Å². The van der Waals surface area contributed by atoms with E-state index in [1.54, 1.807) is 71.0 Å². The maximum Gasteiger partial charge on any atom is 0.408 e. The quantitative estimate of drug-likeness (QED) is 0.163. The summed E-state index contributed by atoms with van der Waals surface area (Å²) < 4.78 is 21.5. The van der Waals surface area contributed by atoms with E-state index in [9.17, 15) is 24.0 Å². The Balaban J connectivity index is 2.16. The molecule has 2 aromatic rings. The molecule has 0 unspecified atom stereocenters. The lowest BCUT2D eigenvalue weighted by Crippen LogP contribution is -2.57. The van der Waals surface area contributed by atoms with E-state index in [4.69, 9.17) is 18.9 Å². The van der Waals surface area contributed by atoms with Crippen LogP contribution >= 0.6 is 0 Å². The Labute approximate surface area is 290 Å². The number of ether oxygens (including phenoxy) is 4. The maximum absolute atomic E-state index is 13.6. The molecule has 49 heavy (non-hydrogen) atoms. The summed E-state index contributed by atoms with van der Waals surface area (Å²) in [5.41, 5.74) is 0.465. The molecule has 3 amide bonds. The Hall–Kier alpha value is -4.61. The molecule has 2 rings (SSSR count). The summed E-state index contributed by atoms with van der Waals surface area (Å²) in [6.45, 7) is 14.5. The fourth-order valence-corrected chi connectivity index (χ4v) is 4.69. The third-order valence-electron chi connectivity index (χ3n) is 6.95. The number of rotatable bonds is 16. The lowest BCUT2D eigenvalue weighted by molar-refractivity contribution is -0.155. The molecule has 0 saturated carbocycles. The van der Waals surface area contributed by atoms with Crippen LogP contribution < -0.4 is 20.7 Å². The summed E-state index contributed by atoms with van der Waals surface area (Å²) >= 11 is 0. The van der Waals surface area contributed by atoms with E-state index in [2.05, 4.69) is 16.0 Å². The fourth-order valence-electron chi connectivity index (χ4n) is 4.69. The summed E-state index contributed by atoms with van der Waals surface area (Å²) in [5, 5.41) is 8.01. The molecule has 0 aromatic heterocycles. The summed E-state index contributed by atoms with van der Waals surface area (Å²) in [5.74, 6) is -2.09. The van der Waals surface area contributed by atoms with Gasteiger partial charge in [0.25, 0.3) is 0 Å². The van der Waals surface area contributed by atoms with Gasteiger partial charge in [0.15, 0.2) is 0 Å². The highest BCUT2D eigenvalue weighted by Gasteiger charge is 2.32. The zero-order valence-electron chi connectivity index (χ0n) is 30.2. The molecule has 0 radical (unpaired) electrons. The van der Waals surface area contributed by atoms with E-state index in [1.807, 2.05) is 39.0 Å². The van der Waals surface area contributed by atoms with Crippen molar-refractivity contribution in [3.8, 4) is 5.75 Å². The van der Waals surface area contributed by atoms with Gasteiger partial charge in [0.2, 0.25) is 11.8 Å². The van der Waals surface area contributed by atoms with Crippen LogP contribution in [0.4, 0.5) is 4.79 Å². The first kappa shape index (κ1) is 40.6. The van der Waals surface area contributed by atoms with Crippen LogP contribution in [-0.2, 0) is 46.4 Å². The zero-order valence-corrected chi connectivity index (χ0v) is 30.2. The van der Waals surface area contributed by atoms with Crippen molar-refractivity contribution in [2.24, 2.45) is 5.92 Å². The average Bonchev–Trinajstić information content (AvgIpc) is 3.00. The number of hydrogen-bond acceptors (Lipinski definition) is 9. The van der Waals surface area contributed by atoms with Crippen LogP contribution in [0.1, 0.15) is 85.8 Å². The van der Waals surface area contributed by atoms with E-state index in [1.165, 1.54) is 7.11 Å². The lowest BCUT2D eigenvalue weighted by atomic mass is 10.00. The van der Waals surface area contributed by atoms with Gasteiger partial charge in [-0.3, -0.25) is 14.4 Å². The van der Waals surface area contributed by atoms with Crippen molar-refractivity contribution in [1.29, 1.82) is 0 Å². The van der Waals surface area contributed by atoms with Gasteiger partial charge in [-0.05, 0) is 83.6 Å². The van der Waals surface area contributed by atoms with Crippen molar-refractivity contribution in [3.63, 3.8) is 0 Å². The minimum absolute atomic E-state index is 0.0139. The molecule has 0 aliphatic rings. The summed E-state index contributed by atoms with van der Waals surface area (Å²) in [4.78, 5) is 64.9. The highest BCUT2D eigenvalue weighted by molar-refractivity contribution is 5.93. The predicted molar refractivity (Wildman–Crippen MR) is 184 cm³/mol. The van der Waals surface area contributed by atoms with Crippen LogP contribution in [0.3, 0.4) is 0 Å². The van der Waals surface area contributed by atoms with Crippen molar-refractivity contribution in [3.05, 3.63) is 65.7 Å². The molecule has 2 aromatic carbocycles. The first-order valence-corrected chi connectivity index (χ1v) is 16.5. The molecular weight excluding hydrogens is 630 g/mol. The van der Waals surface area contributed by atoms with Gasteiger partial charge in [0.05, 0.1) is 7.11 Å². The first-order chi connectivity index (χ1) is 22.9. The number of esters is 2. The Kier molecular flexibility index (Phi) is 15.6. The Morgan fingerprint density at radius 2 is 1.37 bits per heavy atom. The monoisotopic (exact) mass is 683 g/mol. The van der Waals surface area contributed by atoms with Crippen LogP contribution in [0.2, 0.25) is 0 Å². The van der Waals surface area contributed by atoms with Gasteiger partial charge >= 0.3 is 18.0 Å². The average molecular weight is 684 g/mol. The molecule has 0 aliphatic heterocycles. The smallest absolute Gasteiger partial charge is 0.408 e. The molecule has 270 valence electrons. The zero-order chi connectivity index (χ0) is 36.8. The molecule has 0 aliphatic carbocycles. The second-order valence-corrected chi connectivity index (χ2v) is 14.1. The predicted octanol–water partition coefficient (Wildman–Crippen LogP) is 5.01. The third-order valence-corrected chi connectivity index (χ3v) is 6.95. The minimum Gasteiger partial charge on any atom is -0.488 e. The molecule has 0 heterocycles. The minimum atomic E-state index is -1.13. The van der Waals surface area contributed by atoms with Crippen LogP contribution in [0.5, 0.6) is 5.75 Å². The van der Waals surface area contributed by atoms with E-state index in [0.717, 1.165) is 11.1 Å². The van der Waals surface area contributed by atoms with Crippen molar-refractivity contribution in [1.82, 2.24) is 16.0 Å². The number of carbonyl (C=O) groups is 5. The van der Waals surface area contributed by atoms with Crippen LogP contribution in [-0.4, -0.2) is 66.3 Å². The Morgan fingerprint density at radius 3 is 1.92 bits per heavy atom. The second-order valence-electron chi connectivity index (χ2n) is 14.1. The van der Waals surface area contributed by atoms with E-state index in [-0.39, 0.29) is 37.9 Å². The van der Waals surface area contributed by atoms with Gasteiger partial charge in [0.1, 0.15) is 41.7 Å². The second kappa shape index (κ2) is 18.8. The number of alkyl carbamates (subject to hydrolysis) is 1. The highest BCUT2D eigenvalue weighted by Crippen LogP contribution is 2.19. The Morgan fingerprint density at radius 1 is 0.735 bits per heavy atom. The Bertz CT molecular complexity index is 1380. The molecular formula is C37H53N3O9. The molecule has 3 atom stereocenters. The molecule has 0 spiro atoms. The maximum atomic E-state index is 13.6. The first-order valence-electron chi connectivity index (χ1n) is 16.5. The van der Waals surface area contributed by atoms with Crippen molar-refractivity contribution >= 4 is 29.8 Å². The number of carbonyl (C=O) groups excluding carboxylic acids is 5. The van der Waals surface area contributed by atoms with E-state index in [0.29, 0.717) is 5.75 Å². The largest absolute Gasteiger partial charge is 0.488 e. The number of benzene rings is 2. The molecule has 0 fully saturated rings. The van der Waals surface area contributed by atoms with Gasteiger partial charge in [0, 0.05) is 12.8 Å². The summed E-state index contributed by atoms with van der Waals surface area (Å²) in [6, 6.07) is 13.0. The third kappa shape index (κ3) is 15.9. The van der Waals surface area contributed by atoms with Gasteiger partial charge in [-0.1, -0.05) is 56.3 Å². The van der Waals surface area contributed by atoms with Gasteiger partial charge in [-0.15, -0.1) is 0 Å². The molecule has 3 N–H and O–H groups in total. The topological polar surface area (TPSA) is 158 Å².